The van der Waals surface area contributed by atoms with Gasteiger partial charge in [-0.05, 0) is 23.8 Å². The van der Waals surface area contributed by atoms with Crippen molar-refractivity contribution in [2.75, 3.05) is 19.7 Å². The fourth-order valence-electron chi connectivity index (χ4n) is 2.25. The number of aliphatic hydroxyl groups is 2. The number of hydrogen-bond donors (Lipinski definition) is 2. The summed E-state index contributed by atoms with van der Waals surface area (Å²) in [4.78, 5) is 14.9. The Bertz CT molecular complexity index is 529. The van der Waals surface area contributed by atoms with Gasteiger partial charge in [0.15, 0.2) is 0 Å². The van der Waals surface area contributed by atoms with Gasteiger partial charge >= 0.3 is 0 Å². The number of likely N-dealkylation sites (tertiary alicyclic amines) is 1. The van der Waals surface area contributed by atoms with Crippen LogP contribution in [0.3, 0.4) is 0 Å². The van der Waals surface area contributed by atoms with Crippen LogP contribution in [0.2, 0.25) is 0 Å². The van der Waals surface area contributed by atoms with Crippen molar-refractivity contribution < 1.29 is 15.0 Å². The van der Waals surface area contributed by atoms with Crippen LogP contribution in [0, 0.1) is 17.8 Å². The van der Waals surface area contributed by atoms with E-state index in [1.54, 1.807) is 4.90 Å². The van der Waals surface area contributed by atoms with Crippen LogP contribution in [0.25, 0.3) is 0 Å². The van der Waals surface area contributed by atoms with Gasteiger partial charge in [0.05, 0.1) is 12.7 Å². The summed E-state index contributed by atoms with van der Waals surface area (Å²) in [5.41, 5.74) is 0.729. The number of hydrogen-bond acceptors (Lipinski definition) is 4. The van der Waals surface area contributed by atoms with Gasteiger partial charge in [-0.3, -0.25) is 4.79 Å². The van der Waals surface area contributed by atoms with E-state index in [4.69, 9.17) is 5.11 Å². The van der Waals surface area contributed by atoms with Crippen molar-refractivity contribution in [3.05, 3.63) is 21.9 Å². The molecule has 0 radical (unpaired) electrons. The van der Waals surface area contributed by atoms with Crippen LogP contribution in [0.15, 0.2) is 11.4 Å². The Morgan fingerprint density at radius 2 is 2.40 bits per heavy atom. The van der Waals surface area contributed by atoms with Crippen molar-refractivity contribution in [1.82, 2.24) is 4.90 Å². The Morgan fingerprint density at radius 3 is 3.10 bits per heavy atom. The van der Waals surface area contributed by atoms with Gasteiger partial charge in [-0.25, -0.2) is 0 Å². The van der Waals surface area contributed by atoms with E-state index in [1.165, 1.54) is 11.3 Å². The topological polar surface area (TPSA) is 60.8 Å². The molecule has 5 heteroatoms. The third kappa shape index (κ3) is 3.40. The average Bonchev–Trinajstić information content (AvgIpc) is 2.90. The number of amides is 1. The predicted molar refractivity (Wildman–Crippen MR) is 78.6 cm³/mol. The first-order chi connectivity index (χ1) is 9.63. The van der Waals surface area contributed by atoms with E-state index in [1.807, 2.05) is 18.4 Å². The highest BCUT2D eigenvalue weighted by Crippen LogP contribution is 2.23. The first-order valence-corrected chi connectivity index (χ1v) is 7.66. The van der Waals surface area contributed by atoms with E-state index in [2.05, 4.69) is 11.8 Å². The zero-order valence-corrected chi connectivity index (χ0v) is 12.3. The molecule has 108 valence electrons. The molecule has 1 aliphatic rings. The first kappa shape index (κ1) is 15.0. The molecule has 1 amide bonds. The summed E-state index contributed by atoms with van der Waals surface area (Å²) in [5, 5.41) is 20.3. The van der Waals surface area contributed by atoms with E-state index in [9.17, 15) is 9.90 Å². The van der Waals surface area contributed by atoms with Gasteiger partial charge in [0, 0.05) is 25.1 Å². The lowest BCUT2D eigenvalue weighted by molar-refractivity contribution is 0.0300. The Hall–Kier alpha value is -1.35. The van der Waals surface area contributed by atoms with Crippen LogP contribution in [0.1, 0.15) is 35.0 Å². The van der Waals surface area contributed by atoms with Crippen molar-refractivity contribution in [3.8, 4) is 11.8 Å². The zero-order chi connectivity index (χ0) is 14.5. The fraction of sp³-hybridized carbons (Fsp3) is 0.533. The molecule has 1 aliphatic heterocycles. The number of thiophene rings is 1. The molecule has 0 aliphatic carbocycles. The summed E-state index contributed by atoms with van der Waals surface area (Å²) in [6, 6.07) is 1.84. The van der Waals surface area contributed by atoms with E-state index >= 15 is 0 Å². The highest BCUT2D eigenvalue weighted by Gasteiger charge is 2.29. The van der Waals surface area contributed by atoms with Crippen molar-refractivity contribution in [2.24, 2.45) is 5.92 Å². The molecule has 2 heterocycles. The zero-order valence-electron chi connectivity index (χ0n) is 11.5. The van der Waals surface area contributed by atoms with Gasteiger partial charge in [-0.1, -0.05) is 18.8 Å². The minimum atomic E-state index is -0.314. The molecule has 2 rings (SSSR count). The largest absolute Gasteiger partial charge is 0.395 e. The second-order valence-corrected chi connectivity index (χ2v) is 5.94. The molecule has 1 aromatic heterocycles. The second-order valence-electron chi connectivity index (χ2n) is 5.02. The van der Waals surface area contributed by atoms with Crippen LogP contribution in [0.5, 0.6) is 0 Å². The molecular weight excluding hydrogens is 274 g/mol. The monoisotopic (exact) mass is 293 g/mol. The van der Waals surface area contributed by atoms with Gasteiger partial charge in [0.1, 0.15) is 4.88 Å². The quantitative estimate of drug-likeness (QED) is 0.809. The van der Waals surface area contributed by atoms with E-state index in [0.29, 0.717) is 30.8 Å². The summed E-state index contributed by atoms with van der Waals surface area (Å²) in [5.74, 6) is 5.89. The maximum Gasteiger partial charge on any atom is 0.265 e. The summed E-state index contributed by atoms with van der Waals surface area (Å²) in [7, 11) is 0. The SMILES string of the molecule is CC1CN(C(=O)c2sccc2C#CCCO)CCC1O. The normalized spacial score (nSPS) is 22.2. The molecule has 20 heavy (non-hydrogen) atoms. The van der Waals surface area contributed by atoms with Crippen LogP contribution in [-0.4, -0.2) is 46.8 Å². The molecule has 1 fully saturated rings. The molecule has 0 aromatic carbocycles. The molecule has 0 spiro atoms. The maximum atomic E-state index is 12.5. The first-order valence-electron chi connectivity index (χ1n) is 6.78. The summed E-state index contributed by atoms with van der Waals surface area (Å²) in [6.07, 6.45) is 0.728. The van der Waals surface area contributed by atoms with Crippen LogP contribution < -0.4 is 0 Å². The number of nitrogens with zero attached hydrogens (tertiary/aromatic N) is 1. The summed E-state index contributed by atoms with van der Waals surface area (Å²) >= 11 is 1.39. The van der Waals surface area contributed by atoms with Crippen molar-refractivity contribution >= 4 is 17.2 Å². The third-order valence-electron chi connectivity index (χ3n) is 3.47. The lowest BCUT2D eigenvalue weighted by Crippen LogP contribution is -2.44. The van der Waals surface area contributed by atoms with E-state index in [-0.39, 0.29) is 24.5 Å². The molecular formula is C15H19NO3S. The van der Waals surface area contributed by atoms with Crippen molar-refractivity contribution in [3.63, 3.8) is 0 Å². The van der Waals surface area contributed by atoms with Crippen molar-refractivity contribution in [2.45, 2.75) is 25.9 Å². The molecule has 2 N–H and O–H groups in total. The minimum absolute atomic E-state index is 0.00736. The second kappa shape index (κ2) is 6.89. The molecule has 1 saturated heterocycles. The molecule has 0 saturated carbocycles. The average molecular weight is 293 g/mol. The van der Waals surface area contributed by atoms with Gasteiger partial charge in [0.25, 0.3) is 5.91 Å². The Kier molecular flexibility index (Phi) is 5.18. The fourth-order valence-corrected chi connectivity index (χ4v) is 3.06. The summed E-state index contributed by atoms with van der Waals surface area (Å²) < 4.78 is 0. The standard InChI is InChI=1S/C15H19NO3S/c1-11-10-16(7-5-13(11)18)15(19)14-12(6-9-20-14)4-2-3-8-17/h6,9,11,13,17-18H,3,5,7-8,10H2,1H3. The number of aliphatic hydroxyl groups excluding tert-OH is 2. The van der Waals surface area contributed by atoms with Gasteiger partial charge < -0.3 is 15.1 Å². The van der Waals surface area contributed by atoms with Crippen LogP contribution in [-0.2, 0) is 0 Å². The highest BCUT2D eigenvalue weighted by molar-refractivity contribution is 7.12. The summed E-state index contributed by atoms with van der Waals surface area (Å²) in [6.45, 7) is 3.16. The predicted octanol–water partition coefficient (Wildman–Crippen LogP) is 1.32. The van der Waals surface area contributed by atoms with E-state index in [0.717, 1.165) is 5.56 Å². The molecule has 2 atom stereocenters. The number of piperidine rings is 1. The lowest BCUT2D eigenvalue weighted by atomic mass is 9.96. The van der Waals surface area contributed by atoms with Crippen LogP contribution in [0.4, 0.5) is 0 Å². The lowest BCUT2D eigenvalue weighted by Gasteiger charge is -2.34. The van der Waals surface area contributed by atoms with Gasteiger partial charge in [-0.2, -0.15) is 0 Å². The Morgan fingerprint density at radius 1 is 1.60 bits per heavy atom. The third-order valence-corrected chi connectivity index (χ3v) is 4.37. The van der Waals surface area contributed by atoms with Crippen molar-refractivity contribution in [1.29, 1.82) is 0 Å². The van der Waals surface area contributed by atoms with Gasteiger partial charge in [0.2, 0.25) is 0 Å². The highest BCUT2D eigenvalue weighted by atomic mass is 32.1. The Labute approximate surface area is 123 Å². The number of carbonyl (C=O) groups is 1. The molecule has 1 aromatic rings. The van der Waals surface area contributed by atoms with Crippen LogP contribution >= 0.6 is 11.3 Å². The number of rotatable bonds is 2. The number of carbonyl (C=O) groups excluding carboxylic acids is 1. The van der Waals surface area contributed by atoms with E-state index < -0.39 is 0 Å². The maximum absolute atomic E-state index is 12.5. The molecule has 0 bridgehead atoms. The molecule has 2 unspecified atom stereocenters. The molecule has 4 nitrogen and oxygen atoms in total. The smallest absolute Gasteiger partial charge is 0.265 e. The van der Waals surface area contributed by atoms with Gasteiger partial charge in [-0.15, -0.1) is 11.3 Å². The Balaban J connectivity index is 2.10. The minimum Gasteiger partial charge on any atom is -0.395 e.